The van der Waals surface area contributed by atoms with E-state index in [0.717, 1.165) is 6.07 Å². The summed E-state index contributed by atoms with van der Waals surface area (Å²) < 4.78 is 43.3. The summed E-state index contributed by atoms with van der Waals surface area (Å²) in [5.41, 5.74) is -0.461. The summed E-state index contributed by atoms with van der Waals surface area (Å²) in [7, 11) is 0. The summed E-state index contributed by atoms with van der Waals surface area (Å²) in [5.74, 6) is -0.335. The minimum atomic E-state index is -4.55. The number of ether oxygens (including phenoxy) is 1. The van der Waals surface area contributed by atoms with Crippen LogP contribution in [0, 0.1) is 10.1 Å². The Morgan fingerprint density at radius 1 is 1.22 bits per heavy atom. The number of amides is 1. The Balaban J connectivity index is 1.50. The van der Waals surface area contributed by atoms with Crippen molar-refractivity contribution in [2.24, 2.45) is 0 Å². The number of halogens is 3. The molecule has 0 spiro atoms. The number of carbonyl (C=O) groups excluding carboxylic acids is 1. The molecule has 7 nitrogen and oxygen atoms in total. The topological polar surface area (TPSA) is 85.6 Å². The van der Waals surface area contributed by atoms with Gasteiger partial charge in [0.2, 0.25) is 11.8 Å². The van der Waals surface area contributed by atoms with Crippen LogP contribution in [0.4, 0.5) is 18.9 Å². The maximum atomic E-state index is 12.6. The first-order chi connectivity index (χ1) is 12.7. The summed E-state index contributed by atoms with van der Waals surface area (Å²) in [4.78, 5) is 27.2. The molecule has 1 aliphatic rings. The lowest BCUT2D eigenvalue weighted by Crippen LogP contribution is -2.56. The number of carbonyl (C=O) groups is 1. The fraction of sp³-hybridized carbons (Fsp3) is 0.294. The molecule has 0 N–H and O–H groups in total. The summed E-state index contributed by atoms with van der Waals surface area (Å²) >= 11 is 0. The third-order valence-electron chi connectivity index (χ3n) is 4.00. The highest BCUT2D eigenvalue weighted by Crippen LogP contribution is 2.29. The quantitative estimate of drug-likeness (QED) is 0.587. The monoisotopic (exact) mass is 381 g/mol. The Bertz CT molecular complexity index is 849. The van der Waals surface area contributed by atoms with Gasteiger partial charge in [0.15, 0.2) is 0 Å². The van der Waals surface area contributed by atoms with Gasteiger partial charge in [-0.2, -0.15) is 13.2 Å². The van der Waals surface area contributed by atoms with Crippen LogP contribution in [0.15, 0.2) is 42.5 Å². The van der Waals surface area contributed by atoms with Gasteiger partial charge in [-0.3, -0.25) is 14.9 Å². The summed E-state index contributed by atoms with van der Waals surface area (Å²) in [6.07, 6.45) is -4.90. The smallest absolute Gasteiger partial charge is 0.433 e. The van der Waals surface area contributed by atoms with Crippen molar-refractivity contribution in [3.05, 3.63) is 63.8 Å². The maximum Gasteiger partial charge on any atom is 0.433 e. The minimum Gasteiger partial charge on any atom is -0.471 e. The highest BCUT2D eigenvalue weighted by molar-refractivity contribution is 5.79. The first kappa shape index (κ1) is 18.6. The van der Waals surface area contributed by atoms with Gasteiger partial charge < -0.3 is 9.64 Å². The number of pyridine rings is 1. The molecule has 1 amide bonds. The Morgan fingerprint density at radius 2 is 1.89 bits per heavy atom. The average Bonchev–Trinajstić information content (AvgIpc) is 2.57. The average molecular weight is 381 g/mol. The molecule has 2 aromatic rings. The molecule has 1 aromatic carbocycles. The van der Waals surface area contributed by atoms with E-state index < -0.39 is 22.9 Å². The molecular formula is C17H14F3N3O4. The van der Waals surface area contributed by atoms with E-state index in [0.29, 0.717) is 5.56 Å². The van der Waals surface area contributed by atoms with Gasteiger partial charge in [0.25, 0.3) is 5.69 Å². The largest absolute Gasteiger partial charge is 0.471 e. The minimum absolute atomic E-state index is 0.0581. The fourth-order valence-corrected chi connectivity index (χ4v) is 2.55. The highest BCUT2D eigenvalue weighted by atomic mass is 19.4. The lowest BCUT2D eigenvalue weighted by atomic mass is 10.1. The third-order valence-corrected chi connectivity index (χ3v) is 4.00. The number of nitrogens with zero attached hydrogens (tertiary/aromatic N) is 3. The first-order valence-corrected chi connectivity index (χ1v) is 7.94. The predicted octanol–water partition coefficient (Wildman–Crippen LogP) is 2.84. The number of benzene rings is 1. The molecule has 0 unspecified atom stereocenters. The van der Waals surface area contributed by atoms with Gasteiger partial charge in [0.1, 0.15) is 11.8 Å². The van der Waals surface area contributed by atoms with Crippen LogP contribution in [0.25, 0.3) is 0 Å². The van der Waals surface area contributed by atoms with Crippen LogP contribution in [-0.4, -0.2) is 39.9 Å². The molecule has 0 saturated carbocycles. The molecule has 1 fully saturated rings. The van der Waals surface area contributed by atoms with Crippen LogP contribution in [0.5, 0.6) is 5.88 Å². The van der Waals surface area contributed by atoms with E-state index in [1.54, 1.807) is 0 Å². The molecule has 2 heterocycles. The van der Waals surface area contributed by atoms with Crippen molar-refractivity contribution in [1.29, 1.82) is 0 Å². The van der Waals surface area contributed by atoms with E-state index in [-0.39, 0.29) is 37.0 Å². The second-order valence-corrected chi connectivity index (χ2v) is 6.00. The highest BCUT2D eigenvalue weighted by Gasteiger charge is 2.35. The summed E-state index contributed by atoms with van der Waals surface area (Å²) in [6.45, 7) is 0.480. The number of nitro benzene ring substituents is 1. The lowest BCUT2D eigenvalue weighted by Gasteiger charge is -2.38. The zero-order valence-electron chi connectivity index (χ0n) is 13.8. The Hall–Kier alpha value is -3.17. The number of nitro groups is 1. The predicted molar refractivity (Wildman–Crippen MR) is 87.0 cm³/mol. The summed E-state index contributed by atoms with van der Waals surface area (Å²) in [5, 5.41) is 10.6. The normalized spacial score (nSPS) is 14.6. The van der Waals surface area contributed by atoms with Crippen LogP contribution < -0.4 is 4.74 Å². The summed E-state index contributed by atoms with van der Waals surface area (Å²) in [6, 6.07) is 9.06. The van der Waals surface area contributed by atoms with Gasteiger partial charge in [-0.05, 0) is 11.6 Å². The fourth-order valence-electron chi connectivity index (χ4n) is 2.55. The van der Waals surface area contributed by atoms with Crippen LogP contribution in [0.3, 0.4) is 0 Å². The third kappa shape index (κ3) is 4.52. The second kappa shape index (κ2) is 7.22. The van der Waals surface area contributed by atoms with E-state index in [1.165, 1.54) is 41.3 Å². The van der Waals surface area contributed by atoms with Gasteiger partial charge in [-0.25, -0.2) is 4.98 Å². The molecule has 142 valence electrons. The standard InChI is InChI=1S/C17H14F3N3O4/c18-17(19,20)14-2-1-3-15(21-14)27-13-9-22(10-13)16(24)8-11-4-6-12(7-5-11)23(25)26/h1-7,13H,8-10H2. The van der Waals surface area contributed by atoms with E-state index in [1.807, 2.05) is 0 Å². The van der Waals surface area contributed by atoms with Crippen molar-refractivity contribution in [2.75, 3.05) is 13.1 Å². The van der Waals surface area contributed by atoms with Crippen LogP contribution >= 0.6 is 0 Å². The Morgan fingerprint density at radius 3 is 2.48 bits per heavy atom. The molecule has 10 heteroatoms. The molecule has 0 aliphatic carbocycles. The zero-order chi connectivity index (χ0) is 19.6. The van der Waals surface area contributed by atoms with Gasteiger partial charge in [-0.1, -0.05) is 18.2 Å². The molecule has 0 radical (unpaired) electrons. The van der Waals surface area contributed by atoms with Gasteiger partial charge in [0, 0.05) is 18.2 Å². The number of rotatable bonds is 5. The Labute approximate surface area is 151 Å². The number of hydrogen-bond acceptors (Lipinski definition) is 5. The molecule has 1 aromatic heterocycles. The van der Waals surface area contributed by atoms with Crippen LogP contribution in [0.2, 0.25) is 0 Å². The molecule has 27 heavy (non-hydrogen) atoms. The maximum absolute atomic E-state index is 12.6. The van der Waals surface area contributed by atoms with Gasteiger partial charge in [-0.15, -0.1) is 0 Å². The lowest BCUT2D eigenvalue weighted by molar-refractivity contribution is -0.384. The number of aromatic nitrogens is 1. The van der Waals surface area contributed by atoms with Crippen molar-refractivity contribution in [2.45, 2.75) is 18.7 Å². The van der Waals surface area contributed by atoms with Crippen molar-refractivity contribution in [1.82, 2.24) is 9.88 Å². The van der Waals surface area contributed by atoms with Crippen LogP contribution in [-0.2, 0) is 17.4 Å². The molecule has 1 saturated heterocycles. The molecule has 3 rings (SSSR count). The number of likely N-dealkylation sites (tertiary alicyclic amines) is 1. The van der Waals surface area contributed by atoms with Crippen molar-refractivity contribution in [3.8, 4) is 5.88 Å². The molecule has 1 aliphatic heterocycles. The molecule has 0 bridgehead atoms. The number of hydrogen-bond donors (Lipinski definition) is 0. The van der Waals surface area contributed by atoms with E-state index in [2.05, 4.69) is 4.98 Å². The zero-order valence-corrected chi connectivity index (χ0v) is 13.8. The van der Waals surface area contributed by atoms with Gasteiger partial charge in [0.05, 0.1) is 24.4 Å². The second-order valence-electron chi connectivity index (χ2n) is 6.00. The SMILES string of the molecule is O=C(Cc1ccc([N+](=O)[O-])cc1)N1CC(Oc2cccc(C(F)(F)F)n2)C1. The van der Waals surface area contributed by atoms with Crippen molar-refractivity contribution >= 4 is 11.6 Å². The van der Waals surface area contributed by atoms with Crippen molar-refractivity contribution < 1.29 is 27.6 Å². The van der Waals surface area contributed by atoms with E-state index in [4.69, 9.17) is 4.74 Å². The number of alkyl halides is 3. The van der Waals surface area contributed by atoms with Crippen molar-refractivity contribution in [3.63, 3.8) is 0 Å². The number of non-ortho nitro benzene ring substituents is 1. The molecule has 0 atom stereocenters. The Kier molecular flexibility index (Phi) is 4.98. The van der Waals surface area contributed by atoms with Gasteiger partial charge >= 0.3 is 6.18 Å². The van der Waals surface area contributed by atoms with Crippen LogP contribution in [0.1, 0.15) is 11.3 Å². The van der Waals surface area contributed by atoms with E-state index in [9.17, 15) is 28.1 Å². The molecular weight excluding hydrogens is 367 g/mol. The first-order valence-electron chi connectivity index (χ1n) is 7.94. The van der Waals surface area contributed by atoms with E-state index >= 15 is 0 Å².